The van der Waals surface area contributed by atoms with Crippen molar-refractivity contribution >= 4 is 23.8 Å². The molecule has 1 atom stereocenters. The number of pyridine rings is 1. The van der Waals surface area contributed by atoms with Crippen molar-refractivity contribution in [2.45, 2.75) is 58.6 Å². The van der Waals surface area contributed by atoms with Gasteiger partial charge in [-0.2, -0.15) is 0 Å². The summed E-state index contributed by atoms with van der Waals surface area (Å²) in [6.07, 6.45) is 3.63. The Morgan fingerprint density at radius 2 is 1.87 bits per heavy atom. The minimum absolute atomic E-state index is 0.197. The van der Waals surface area contributed by atoms with Crippen molar-refractivity contribution in [1.29, 1.82) is 0 Å². The maximum Gasteiger partial charge on any atom is 0.410 e. The number of aromatic nitrogens is 3. The molecule has 0 unspecified atom stereocenters. The third kappa shape index (κ3) is 6.37. The number of benzene rings is 1. The Hall–Kier alpha value is -4.21. The third-order valence-electron chi connectivity index (χ3n) is 5.98. The van der Waals surface area contributed by atoms with Gasteiger partial charge in [0.15, 0.2) is 5.69 Å². The minimum atomic E-state index is -0.631. The Balaban J connectivity index is 1.63. The highest BCUT2D eigenvalue weighted by molar-refractivity contribution is 6.04. The topological polar surface area (TPSA) is 127 Å². The van der Waals surface area contributed by atoms with E-state index in [0.717, 1.165) is 12.8 Å². The second-order valence-corrected chi connectivity index (χ2v) is 10.00. The molecule has 1 saturated heterocycles. The highest BCUT2D eigenvalue weighted by atomic mass is 16.6. The fourth-order valence-electron chi connectivity index (χ4n) is 4.27. The fourth-order valence-corrected chi connectivity index (χ4v) is 4.27. The molecular weight excluding hydrogens is 486 g/mol. The Morgan fingerprint density at radius 1 is 1.11 bits per heavy atom. The SMILES string of the molecule is CCOC(=O)c1[nH]c([C@@H]2CCCCN2C(=O)OC(C)(C)C)nc1-c1ccc(C(=O)Nc2ccccn2)cc1. The van der Waals surface area contributed by atoms with E-state index in [9.17, 15) is 14.4 Å². The molecule has 2 aromatic heterocycles. The average molecular weight is 520 g/mol. The summed E-state index contributed by atoms with van der Waals surface area (Å²) in [6, 6.07) is 11.6. The van der Waals surface area contributed by atoms with Crippen LogP contribution in [0.25, 0.3) is 11.3 Å². The molecule has 3 aromatic rings. The zero-order valence-corrected chi connectivity index (χ0v) is 22.1. The number of hydrogen-bond acceptors (Lipinski definition) is 7. The smallest absolute Gasteiger partial charge is 0.410 e. The van der Waals surface area contributed by atoms with Crippen LogP contribution < -0.4 is 5.32 Å². The van der Waals surface area contributed by atoms with Crippen LogP contribution in [0.1, 0.15) is 79.7 Å². The molecule has 0 radical (unpaired) electrons. The second kappa shape index (κ2) is 11.5. The van der Waals surface area contributed by atoms with Gasteiger partial charge in [0.25, 0.3) is 5.91 Å². The summed E-state index contributed by atoms with van der Waals surface area (Å²) < 4.78 is 10.9. The summed E-state index contributed by atoms with van der Waals surface area (Å²) >= 11 is 0. The van der Waals surface area contributed by atoms with Crippen molar-refractivity contribution in [3.05, 3.63) is 65.7 Å². The van der Waals surface area contributed by atoms with Gasteiger partial charge in [-0.05, 0) is 71.2 Å². The molecule has 0 saturated carbocycles. The first-order valence-corrected chi connectivity index (χ1v) is 12.8. The van der Waals surface area contributed by atoms with E-state index in [2.05, 4.69) is 15.3 Å². The number of imidazole rings is 1. The lowest BCUT2D eigenvalue weighted by molar-refractivity contribution is 0.00853. The number of hydrogen-bond donors (Lipinski definition) is 2. The van der Waals surface area contributed by atoms with Crippen LogP contribution >= 0.6 is 0 Å². The molecule has 4 rings (SSSR count). The van der Waals surface area contributed by atoms with Crippen LogP contribution in [0.2, 0.25) is 0 Å². The number of piperidine rings is 1. The van der Waals surface area contributed by atoms with Gasteiger partial charge in [0.2, 0.25) is 0 Å². The monoisotopic (exact) mass is 519 g/mol. The number of H-pyrrole nitrogens is 1. The van der Waals surface area contributed by atoms with E-state index in [4.69, 9.17) is 14.5 Å². The number of likely N-dealkylation sites (tertiary alicyclic amines) is 1. The van der Waals surface area contributed by atoms with Crippen molar-refractivity contribution in [3.8, 4) is 11.3 Å². The van der Waals surface area contributed by atoms with Crippen molar-refractivity contribution in [2.24, 2.45) is 0 Å². The van der Waals surface area contributed by atoms with Crippen LogP contribution in [0, 0.1) is 0 Å². The zero-order chi connectivity index (χ0) is 27.3. The molecule has 1 fully saturated rings. The molecule has 0 spiro atoms. The lowest BCUT2D eigenvalue weighted by atomic mass is 10.0. The van der Waals surface area contributed by atoms with Crippen LogP contribution in [0.15, 0.2) is 48.7 Å². The predicted molar refractivity (Wildman–Crippen MR) is 142 cm³/mol. The highest BCUT2D eigenvalue weighted by Gasteiger charge is 2.34. The Kier molecular flexibility index (Phi) is 8.09. The standard InChI is InChI=1S/C28H33N5O5/c1-5-37-26(35)23-22(18-12-14-19(15-13-18)25(34)30-21-11-6-8-16-29-21)31-24(32-23)20-10-7-9-17-33(20)27(36)38-28(2,3)4/h6,8,11-16,20H,5,7,9-10,17H2,1-4H3,(H,31,32)(H,29,30,34)/t20-/m0/s1. The quantitative estimate of drug-likeness (QED) is 0.420. The number of rotatable bonds is 6. The number of esters is 1. The van der Waals surface area contributed by atoms with E-state index in [0.29, 0.717) is 41.4 Å². The minimum Gasteiger partial charge on any atom is -0.461 e. The van der Waals surface area contributed by atoms with Crippen molar-refractivity contribution < 1.29 is 23.9 Å². The molecule has 38 heavy (non-hydrogen) atoms. The second-order valence-electron chi connectivity index (χ2n) is 10.00. The van der Waals surface area contributed by atoms with Gasteiger partial charge in [0, 0.05) is 23.9 Å². The lowest BCUT2D eigenvalue weighted by Crippen LogP contribution is -2.42. The summed E-state index contributed by atoms with van der Waals surface area (Å²) in [6.45, 7) is 7.95. The molecule has 10 heteroatoms. The van der Waals surface area contributed by atoms with Crippen LogP contribution in [-0.2, 0) is 9.47 Å². The van der Waals surface area contributed by atoms with Crippen LogP contribution in [0.3, 0.4) is 0 Å². The van der Waals surface area contributed by atoms with E-state index in [-0.39, 0.29) is 24.2 Å². The van der Waals surface area contributed by atoms with Gasteiger partial charge < -0.3 is 19.8 Å². The highest BCUT2D eigenvalue weighted by Crippen LogP contribution is 2.33. The molecule has 1 aromatic carbocycles. The van der Waals surface area contributed by atoms with E-state index in [1.165, 1.54) is 0 Å². The molecule has 2 N–H and O–H groups in total. The number of nitrogens with zero attached hydrogens (tertiary/aromatic N) is 3. The maximum atomic E-state index is 13.0. The number of anilines is 1. The van der Waals surface area contributed by atoms with Gasteiger partial charge in [-0.15, -0.1) is 0 Å². The molecule has 3 heterocycles. The molecule has 0 bridgehead atoms. The summed E-state index contributed by atoms with van der Waals surface area (Å²) in [4.78, 5) is 52.1. The van der Waals surface area contributed by atoms with E-state index >= 15 is 0 Å². The molecule has 1 aliphatic rings. The molecule has 10 nitrogen and oxygen atoms in total. The Labute approximate surface area is 221 Å². The number of carbonyl (C=O) groups excluding carboxylic acids is 3. The number of ether oxygens (including phenoxy) is 2. The molecule has 0 aliphatic carbocycles. The number of nitrogens with one attached hydrogen (secondary N) is 2. The summed E-state index contributed by atoms with van der Waals surface area (Å²) in [5, 5.41) is 2.75. The molecule has 2 amide bonds. The van der Waals surface area contributed by atoms with Gasteiger partial charge in [0.1, 0.15) is 22.9 Å². The van der Waals surface area contributed by atoms with Gasteiger partial charge in [0.05, 0.1) is 12.6 Å². The lowest BCUT2D eigenvalue weighted by Gasteiger charge is -2.35. The van der Waals surface area contributed by atoms with Crippen molar-refractivity contribution in [3.63, 3.8) is 0 Å². The van der Waals surface area contributed by atoms with E-state index < -0.39 is 17.7 Å². The van der Waals surface area contributed by atoms with E-state index in [1.54, 1.807) is 60.5 Å². The molecular formula is C28H33N5O5. The largest absolute Gasteiger partial charge is 0.461 e. The van der Waals surface area contributed by atoms with Crippen LogP contribution in [0.4, 0.5) is 10.6 Å². The fraction of sp³-hybridized carbons (Fsp3) is 0.393. The van der Waals surface area contributed by atoms with Gasteiger partial charge >= 0.3 is 12.1 Å². The Morgan fingerprint density at radius 3 is 2.53 bits per heavy atom. The van der Waals surface area contributed by atoms with Crippen LogP contribution in [0.5, 0.6) is 0 Å². The molecule has 1 aliphatic heterocycles. The normalized spacial score (nSPS) is 15.6. The number of carbonyl (C=O) groups is 3. The number of amides is 2. The zero-order valence-electron chi connectivity index (χ0n) is 22.1. The summed E-state index contributed by atoms with van der Waals surface area (Å²) in [5.74, 6) is 0.0902. The van der Waals surface area contributed by atoms with Crippen molar-refractivity contribution in [1.82, 2.24) is 19.9 Å². The summed E-state index contributed by atoms with van der Waals surface area (Å²) in [7, 11) is 0. The first-order chi connectivity index (χ1) is 18.2. The predicted octanol–water partition coefficient (Wildman–Crippen LogP) is 5.36. The van der Waals surface area contributed by atoms with Gasteiger partial charge in [-0.25, -0.2) is 19.6 Å². The summed E-state index contributed by atoms with van der Waals surface area (Å²) in [5.41, 5.74) is 1.02. The van der Waals surface area contributed by atoms with Crippen molar-refractivity contribution in [2.75, 3.05) is 18.5 Å². The Bertz CT molecular complexity index is 1280. The van der Waals surface area contributed by atoms with Gasteiger partial charge in [-0.1, -0.05) is 18.2 Å². The number of aromatic amines is 1. The first-order valence-electron chi connectivity index (χ1n) is 12.8. The molecule has 200 valence electrons. The van der Waals surface area contributed by atoms with E-state index in [1.807, 2.05) is 20.8 Å². The van der Waals surface area contributed by atoms with Crippen LogP contribution in [-0.4, -0.2) is 56.6 Å². The first kappa shape index (κ1) is 26.8. The maximum absolute atomic E-state index is 13.0. The third-order valence-corrected chi connectivity index (χ3v) is 5.98. The van der Waals surface area contributed by atoms with Gasteiger partial charge in [-0.3, -0.25) is 9.69 Å². The average Bonchev–Trinajstić information content (AvgIpc) is 3.34.